The fourth-order valence-corrected chi connectivity index (χ4v) is 3.16. The van der Waals surface area contributed by atoms with Gasteiger partial charge in [0.05, 0.1) is 12.5 Å². The van der Waals surface area contributed by atoms with Gasteiger partial charge < -0.3 is 4.57 Å². The number of hydrogen-bond acceptors (Lipinski definition) is 3. The number of halogens is 1. The van der Waals surface area contributed by atoms with Crippen molar-refractivity contribution in [2.75, 3.05) is 0 Å². The van der Waals surface area contributed by atoms with E-state index in [4.69, 9.17) is 11.6 Å². The van der Waals surface area contributed by atoms with E-state index in [1.54, 1.807) is 30.9 Å². The Morgan fingerprint density at radius 1 is 0.968 bits per heavy atom. The molecule has 0 unspecified atom stereocenters. The molecule has 5 nitrogen and oxygen atoms in total. The average Bonchev–Trinajstić information content (AvgIpc) is 3.34. The third kappa shape index (κ3) is 5.35. The lowest BCUT2D eigenvalue weighted by Gasteiger charge is -2.04. The van der Waals surface area contributed by atoms with Crippen LogP contribution < -0.4 is 5.43 Å². The molecule has 0 fully saturated rings. The smallest absolute Gasteiger partial charge is 0.271 e. The number of hydrazone groups is 1. The van der Waals surface area contributed by atoms with E-state index >= 15 is 0 Å². The molecule has 31 heavy (non-hydrogen) atoms. The molecule has 0 radical (unpaired) electrons. The fourth-order valence-electron chi connectivity index (χ4n) is 2.97. The third-order valence-electron chi connectivity index (χ3n) is 4.58. The zero-order valence-electron chi connectivity index (χ0n) is 16.5. The number of benzene rings is 3. The van der Waals surface area contributed by atoms with Gasteiger partial charge in [0.25, 0.3) is 5.91 Å². The van der Waals surface area contributed by atoms with Gasteiger partial charge in [-0.1, -0.05) is 60.2 Å². The highest BCUT2D eigenvalue weighted by Crippen LogP contribution is 2.18. The first-order chi connectivity index (χ1) is 15.2. The zero-order chi connectivity index (χ0) is 21.5. The minimum atomic E-state index is -0.275. The predicted molar refractivity (Wildman–Crippen MR) is 125 cm³/mol. The second kappa shape index (κ2) is 9.69. The van der Waals surface area contributed by atoms with Gasteiger partial charge in [-0.2, -0.15) is 5.10 Å². The van der Waals surface area contributed by atoms with Crippen LogP contribution in [0.15, 0.2) is 96.6 Å². The fraction of sp³-hybridized carbons (Fsp3) is 0. The maximum Gasteiger partial charge on any atom is 0.271 e. The summed E-state index contributed by atoms with van der Waals surface area (Å²) in [5.74, 6) is -0.275. The van der Waals surface area contributed by atoms with E-state index in [0.29, 0.717) is 10.6 Å². The number of hydrogen-bond donors (Lipinski definition) is 1. The van der Waals surface area contributed by atoms with E-state index in [1.165, 1.54) is 0 Å². The van der Waals surface area contributed by atoms with Crippen LogP contribution in [0.25, 0.3) is 17.8 Å². The zero-order valence-corrected chi connectivity index (χ0v) is 17.3. The quantitative estimate of drug-likeness (QED) is 0.253. The number of carbonyl (C=O) groups excluding carboxylic acids is 1. The van der Waals surface area contributed by atoms with Gasteiger partial charge in [-0.05, 0) is 53.1 Å². The summed E-state index contributed by atoms with van der Waals surface area (Å²) in [4.78, 5) is 16.3. The van der Waals surface area contributed by atoms with Crippen LogP contribution >= 0.6 is 11.6 Å². The van der Waals surface area contributed by atoms with Crippen molar-refractivity contribution in [3.8, 4) is 5.69 Å². The van der Waals surface area contributed by atoms with Crippen LogP contribution in [0.2, 0.25) is 5.02 Å². The molecule has 0 aliphatic heterocycles. The van der Waals surface area contributed by atoms with Gasteiger partial charge in [-0.3, -0.25) is 4.79 Å². The molecule has 3 aromatic carbocycles. The molecule has 0 spiro atoms. The van der Waals surface area contributed by atoms with Crippen molar-refractivity contribution in [3.05, 3.63) is 119 Å². The van der Waals surface area contributed by atoms with Crippen LogP contribution in [0.5, 0.6) is 0 Å². The third-order valence-corrected chi connectivity index (χ3v) is 4.93. The van der Waals surface area contributed by atoms with E-state index in [9.17, 15) is 4.79 Å². The van der Waals surface area contributed by atoms with Crippen molar-refractivity contribution in [1.82, 2.24) is 15.0 Å². The topological polar surface area (TPSA) is 59.3 Å². The molecule has 4 aromatic rings. The highest BCUT2D eigenvalue weighted by Gasteiger charge is 2.04. The Bertz CT molecular complexity index is 1230. The van der Waals surface area contributed by atoms with Gasteiger partial charge in [0, 0.05) is 28.7 Å². The highest BCUT2D eigenvalue weighted by molar-refractivity contribution is 6.32. The first-order valence-electron chi connectivity index (χ1n) is 9.63. The standard InChI is InChI=1S/C25H19ClN4O/c26-24-7-2-1-6-21(24)9-8-19-4-3-5-20(16-19)17-28-29-25(31)22-10-12-23(13-11-22)30-15-14-27-18-30/h1-18H,(H,29,31)/b9-8+,28-17+. The van der Waals surface area contributed by atoms with Crippen LogP contribution in [-0.4, -0.2) is 21.7 Å². The molecule has 0 aliphatic carbocycles. The van der Waals surface area contributed by atoms with Crippen molar-refractivity contribution >= 4 is 35.9 Å². The summed E-state index contributed by atoms with van der Waals surface area (Å²) in [7, 11) is 0. The number of nitrogens with one attached hydrogen (secondary N) is 1. The van der Waals surface area contributed by atoms with Crippen LogP contribution in [0.1, 0.15) is 27.0 Å². The van der Waals surface area contributed by atoms with Crippen LogP contribution in [0.3, 0.4) is 0 Å². The summed E-state index contributed by atoms with van der Waals surface area (Å²) >= 11 is 6.19. The Labute approximate surface area is 185 Å². The lowest BCUT2D eigenvalue weighted by molar-refractivity contribution is 0.0955. The average molecular weight is 427 g/mol. The van der Waals surface area contributed by atoms with Crippen molar-refractivity contribution in [1.29, 1.82) is 0 Å². The molecule has 1 N–H and O–H groups in total. The number of carbonyl (C=O) groups is 1. The maximum atomic E-state index is 12.3. The molecule has 1 heterocycles. The van der Waals surface area contributed by atoms with Crippen molar-refractivity contribution < 1.29 is 4.79 Å². The molecule has 0 saturated heterocycles. The monoisotopic (exact) mass is 426 g/mol. The number of rotatable bonds is 6. The van der Waals surface area contributed by atoms with E-state index in [2.05, 4.69) is 15.5 Å². The van der Waals surface area contributed by atoms with E-state index in [0.717, 1.165) is 22.4 Å². The Morgan fingerprint density at radius 3 is 2.55 bits per heavy atom. The SMILES string of the molecule is O=C(N/N=C/c1cccc(/C=C/c2ccccc2Cl)c1)c1ccc(-n2ccnc2)cc1. The van der Waals surface area contributed by atoms with Crippen LogP contribution in [0, 0.1) is 0 Å². The molecule has 0 atom stereocenters. The van der Waals surface area contributed by atoms with Crippen LogP contribution in [0.4, 0.5) is 0 Å². The molecular weight excluding hydrogens is 408 g/mol. The van der Waals surface area contributed by atoms with Crippen LogP contribution in [-0.2, 0) is 0 Å². The minimum Gasteiger partial charge on any atom is -0.306 e. The second-order valence-electron chi connectivity index (χ2n) is 6.74. The lowest BCUT2D eigenvalue weighted by atomic mass is 10.1. The normalized spacial score (nSPS) is 11.3. The van der Waals surface area contributed by atoms with E-state index in [-0.39, 0.29) is 5.91 Å². The summed E-state index contributed by atoms with van der Waals surface area (Å²) in [6.07, 6.45) is 10.8. The molecule has 0 bridgehead atoms. The predicted octanol–water partition coefficient (Wildman–Crippen LogP) is 5.46. The van der Waals surface area contributed by atoms with Gasteiger partial charge >= 0.3 is 0 Å². The Morgan fingerprint density at radius 2 is 1.77 bits per heavy atom. The van der Waals surface area contributed by atoms with Gasteiger partial charge in [0.1, 0.15) is 0 Å². The van der Waals surface area contributed by atoms with Crippen molar-refractivity contribution in [2.45, 2.75) is 0 Å². The molecule has 1 amide bonds. The molecule has 6 heteroatoms. The number of amides is 1. The first-order valence-corrected chi connectivity index (χ1v) is 10.0. The van der Waals surface area contributed by atoms with Crippen molar-refractivity contribution in [3.63, 3.8) is 0 Å². The maximum absolute atomic E-state index is 12.3. The van der Waals surface area contributed by atoms with Gasteiger partial charge in [-0.25, -0.2) is 10.4 Å². The molecule has 0 saturated carbocycles. The van der Waals surface area contributed by atoms with Gasteiger partial charge in [0.15, 0.2) is 0 Å². The summed E-state index contributed by atoms with van der Waals surface area (Å²) < 4.78 is 1.87. The summed E-state index contributed by atoms with van der Waals surface area (Å²) in [5, 5.41) is 4.78. The van der Waals surface area contributed by atoms with Crippen molar-refractivity contribution in [2.24, 2.45) is 5.10 Å². The Kier molecular flexibility index (Phi) is 6.35. The highest BCUT2D eigenvalue weighted by atomic mass is 35.5. The molecule has 152 valence electrons. The van der Waals surface area contributed by atoms with E-state index in [1.807, 2.05) is 83.6 Å². The second-order valence-corrected chi connectivity index (χ2v) is 7.15. The molecular formula is C25H19ClN4O. The Balaban J connectivity index is 1.38. The first kappa shape index (κ1) is 20.3. The summed E-state index contributed by atoms with van der Waals surface area (Å²) in [6, 6.07) is 22.7. The van der Waals surface area contributed by atoms with E-state index < -0.39 is 0 Å². The summed E-state index contributed by atoms with van der Waals surface area (Å²) in [5.41, 5.74) is 6.85. The summed E-state index contributed by atoms with van der Waals surface area (Å²) in [6.45, 7) is 0. The Hall–Kier alpha value is -3.96. The number of aromatic nitrogens is 2. The lowest BCUT2D eigenvalue weighted by Crippen LogP contribution is -2.17. The molecule has 1 aromatic heterocycles. The number of nitrogens with zero attached hydrogens (tertiary/aromatic N) is 3. The molecule has 0 aliphatic rings. The largest absolute Gasteiger partial charge is 0.306 e. The number of imidazole rings is 1. The van der Waals surface area contributed by atoms with Gasteiger partial charge in [0.2, 0.25) is 0 Å². The molecule has 4 rings (SSSR count). The minimum absolute atomic E-state index is 0.275. The van der Waals surface area contributed by atoms with Gasteiger partial charge in [-0.15, -0.1) is 0 Å².